The van der Waals surface area contributed by atoms with Crippen molar-refractivity contribution in [3.63, 3.8) is 0 Å². The Bertz CT molecular complexity index is 1210. The lowest BCUT2D eigenvalue weighted by molar-refractivity contribution is 0.546. The Balaban J connectivity index is 1.54. The molecular formula is C18H18Cl2N4O4S. The van der Waals surface area contributed by atoms with Gasteiger partial charge in [0.2, 0.25) is 15.8 Å². The molecule has 4 rings (SSSR count). The number of benzene rings is 1. The fourth-order valence-corrected chi connectivity index (χ4v) is 4.85. The van der Waals surface area contributed by atoms with Gasteiger partial charge >= 0.3 is 5.69 Å². The third kappa shape index (κ3) is 4.00. The van der Waals surface area contributed by atoms with Crippen molar-refractivity contribution in [3.8, 4) is 11.6 Å². The van der Waals surface area contributed by atoms with Crippen LogP contribution in [-0.2, 0) is 16.6 Å². The maximum atomic E-state index is 12.7. The van der Waals surface area contributed by atoms with Gasteiger partial charge in [-0.05, 0) is 49.6 Å². The van der Waals surface area contributed by atoms with E-state index >= 15 is 0 Å². The van der Waals surface area contributed by atoms with Crippen LogP contribution in [0, 0.1) is 6.92 Å². The number of rotatable bonds is 7. The summed E-state index contributed by atoms with van der Waals surface area (Å²) in [6.45, 7) is 1.73. The Labute approximate surface area is 177 Å². The molecule has 1 aromatic carbocycles. The third-order valence-corrected chi connectivity index (χ3v) is 6.98. The lowest BCUT2D eigenvalue weighted by atomic mass is 10.2. The highest BCUT2D eigenvalue weighted by Crippen LogP contribution is 2.36. The minimum Gasteiger partial charge on any atom is -0.461 e. The first-order valence-electron chi connectivity index (χ1n) is 8.96. The van der Waals surface area contributed by atoms with Crippen LogP contribution in [0.3, 0.4) is 0 Å². The number of halogens is 2. The molecular weight excluding hydrogens is 439 g/mol. The molecule has 154 valence electrons. The monoisotopic (exact) mass is 456 g/mol. The number of aromatic nitrogens is 3. The molecule has 0 radical (unpaired) electrons. The molecule has 11 heteroatoms. The van der Waals surface area contributed by atoms with Crippen molar-refractivity contribution in [1.82, 2.24) is 19.1 Å². The van der Waals surface area contributed by atoms with Crippen LogP contribution in [0.15, 0.2) is 44.6 Å². The number of sulfonamides is 1. The Morgan fingerprint density at radius 1 is 1.28 bits per heavy atom. The Kier molecular flexibility index (Phi) is 5.32. The van der Waals surface area contributed by atoms with Crippen LogP contribution in [0.25, 0.3) is 11.6 Å². The van der Waals surface area contributed by atoms with E-state index in [0.29, 0.717) is 22.2 Å². The van der Waals surface area contributed by atoms with Crippen molar-refractivity contribution in [2.45, 2.75) is 37.2 Å². The van der Waals surface area contributed by atoms with Crippen molar-refractivity contribution in [3.05, 3.63) is 56.6 Å². The van der Waals surface area contributed by atoms with Crippen LogP contribution in [0.2, 0.25) is 10.0 Å². The second-order valence-corrected chi connectivity index (χ2v) is 9.39. The second-order valence-electron chi connectivity index (χ2n) is 6.84. The zero-order valence-electron chi connectivity index (χ0n) is 15.4. The van der Waals surface area contributed by atoms with Crippen LogP contribution in [-0.4, -0.2) is 29.3 Å². The van der Waals surface area contributed by atoms with Gasteiger partial charge in [-0.1, -0.05) is 23.2 Å². The molecule has 2 heterocycles. The molecule has 2 aromatic heterocycles. The lowest BCUT2D eigenvalue weighted by Crippen LogP contribution is -2.32. The molecule has 0 amide bonds. The summed E-state index contributed by atoms with van der Waals surface area (Å²) in [4.78, 5) is 12.7. The molecule has 3 aromatic rings. The fourth-order valence-electron chi connectivity index (χ4n) is 3.00. The molecule has 0 bridgehead atoms. The van der Waals surface area contributed by atoms with Gasteiger partial charge in [0, 0.05) is 17.6 Å². The zero-order valence-corrected chi connectivity index (χ0v) is 17.8. The summed E-state index contributed by atoms with van der Waals surface area (Å²) >= 11 is 12.0. The lowest BCUT2D eigenvalue weighted by Gasteiger charge is -2.10. The second kappa shape index (κ2) is 7.64. The molecule has 0 spiro atoms. The first-order valence-corrected chi connectivity index (χ1v) is 11.2. The van der Waals surface area contributed by atoms with E-state index in [9.17, 15) is 13.2 Å². The van der Waals surface area contributed by atoms with Crippen molar-refractivity contribution >= 4 is 33.2 Å². The predicted octanol–water partition coefficient (Wildman–Crippen LogP) is 3.23. The van der Waals surface area contributed by atoms with Gasteiger partial charge in [0.05, 0.1) is 17.8 Å². The molecule has 1 N–H and O–H groups in total. The van der Waals surface area contributed by atoms with E-state index in [2.05, 4.69) is 9.82 Å². The third-order valence-electron chi connectivity index (χ3n) is 4.64. The average Bonchev–Trinajstić information content (AvgIpc) is 3.23. The van der Waals surface area contributed by atoms with Gasteiger partial charge in [0.25, 0.3) is 0 Å². The Morgan fingerprint density at radius 2 is 2.03 bits per heavy atom. The minimum atomic E-state index is -3.87. The standard InChI is InChI=1S/C18H18Cl2N4O4S/c1-11-9-16(14(20)10-13(11)19)29(26,27)21-6-7-23-18(25)24(12-4-5-12)17(22-23)15-3-2-8-28-15/h2-3,8-10,12,21H,4-7H2,1H3. The first kappa shape index (κ1) is 20.2. The molecule has 29 heavy (non-hydrogen) atoms. The van der Waals surface area contributed by atoms with Gasteiger partial charge in [-0.2, -0.15) is 0 Å². The number of furan rings is 1. The first-order chi connectivity index (χ1) is 13.8. The van der Waals surface area contributed by atoms with E-state index in [-0.39, 0.29) is 34.7 Å². The summed E-state index contributed by atoms with van der Waals surface area (Å²) < 4.78 is 35.9. The van der Waals surface area contributed by atoms with Crippen LogP contribution >= 0.6 is 23.2 Å². The maximum Gasteiger partial charge on any atom is 0.346 e. The summed E-state index contributed by atoms with van der Waals surface area (Å²) in [6.07, 6.45) is 3.32. The zero-order chi connectivity index (χ0) is 20.8. The smallest absolute Gasteiger partial charge is 0.346 e. The van der Waals surface area contributed by atoms with E-state index in [4.69, 9.17) is 27.6 Å². The van der Waals surface area contributed by atoms with Crippen LogP contribution in [0.4, 0.5) is 0 Å². The van der Waals surface area contributed by atoms with Crippen LogP contribution < -0.4 is 10.4 Å². The van der Waals surface area contributed by atoms with Gasteiger partial charge < -0.3 is 4.42 Å². The molecule has 1 aliphatic rings. The highest BCUT2D eigenvalue weighted by atomic mass is 35.5. The summed E-state index contributed by atoms with van der Waals surface area (Å²) in [6, 6.07) is 6.37. The van der Waals surface area contributed by atoms with Crippen molar-refractivity contribution < 1.29 is 12.8 Å². The predicted molar refractivity (Wildman–Crippen MR) is 109 cm³/mol. The summed E-state index contributed by atoms with van der Waals surface area (Å²) in [5.74, 6) is 0.943. The minimum absolute atomic E-state index is 0.0283. The molecule has 0 atom stereocenters. The molecule has 0 saturated heterocycles. The molecule has 8 nitrogen and oxygen atoms in total. The Morgan fingerprint density at radius 3 is 2.69 bits per heavy atom. The van der Waals surface area contributed by atoms with Crippen molar-refractivity contribution in [2.75, 3.05) is 6.54 Å². The van der Waals surface area contributed by atoms with Gasteiger partial charge in [-0.3, -0.25) is 4.57 Å². The quantitative estimate of drug-likeness (QED) is 0.588. The molecule has 1 fully saturated rings. The molecule has 0 aliphatic heterocycles. The van der Waals surface area contributed by atoms with Crippen LogP contribution in [0.1, 0.15) is 24.4 Å². The van der Waals surface area contributed by atoms with E-state index < -0.39 is 10.0 Å². The number of hydrogen-bond donors (Lipinski definition) is 1. The number of aryl methyl sites for hydroxylation is 1. The number of nitrogens with one attached hydrogen (secondary N) is 1. The normalized spacial score (nSPS) is 14.4. The highest BCUT2D eigenvalue weighted by molar-refractivity contribution is 7.89. The van der Waals surface area contributed by atoms with Crippen molar-refractivity contribution in [2.24, 2.45) is 0 Å². The summed E-state index contributed by atoms with van der Waals surface area (Å²) in [7, 11) is -3.87. The number of nitrogens with zero attached hydrogens (tertiary/aromatic N) is 3. The highest BCUT2D eigenvalue weighted by Gasteiger charge is 2.31. The average molecular weight is 457 g/mol. The van der Waals surface area contributed by atoms with Gasteiger partial charge in [0.1, 0.15) is 4.90 Å². The van der Waals surface area contributed by atoms with Crippen LogP contribution in [0.5, 0.6) is 0 Å². The van der Waals surface area contributed by atoms with Crippen molar-refractivity contribution in [1.29, 1.82) is 0 Å². The Hall–Kier alpha value is -2.07. The summed E-state index contributed by atoms with van der Waals surface area (Å²) in [5, 5.41) is 4.76. The summed E-state index contributed by atoms with van der Waals surface area (Å²) in [5.41, 5.74) is 0.303. The van der Waals surface area contributed by atoms with E-state index in [1.807, 2.05) is 0 Å². The largest absolute Gasteiger partial charge is 0.461 e. The van der Waals surface area contributed by atoms with Gasteiger partial charge in [-0.25, -0.2) is 22.6 Å². The number of hydrogen-bond acceptors (Lipinski definition) is 5. The molecule has 1 aliphatic carbocycles. The van der Waals surface area contributed by atoms with Gasteiger partial charge in [0.15, 0.2) is 5.76 Å². The van der Waals surface area contributed by atoms with E-state index in [1.54, 1.807) is 23.6 Å². The van der Waals surface area contributed by atoms with E-state index in [1.165, 1.54) is 23.1 Å². The fraction of sp³-hybridized carbons (Fsp3) is 0.333. The topological polar surface area (TPSA) is 99.1 Å². The molecule has 1 saturated carbocycles. The van der Waals surface area contributed by atoms with Gasteiger partial charge in [-0.15, -0.1) is 5.10 Å². The SMILES string of the molecule is Cc1cc(S(=O)(=O)NCCn2nc(-c3ccco3)n(C3CC3)c2=O)c(Cl)cc1Cl. The van der Waals surface area contributed by atoms with E-state index in [0.717, 1.165) is 12.8 Å². The maximum absolute atomic E-state index is 12.7. The molecule has 0 unspecified atom stereocenters.